The molecule has 1 heterocycles. The molecule has 1 fully saturated rings. The van der Waals surface area contributed by atoms with Crippen molar-refractivity contribution < 1.29 is 0 Å². The molecule has 1 aliphatic heterocycles. The second-order valence-corrected chi connectivity index (χ2v) is 6.18. The van der Waals surface area contributed by atoms with Gasteiger partial charge in [0.05, 0.1) is 0 Å². The lowest BCUT2D eigenvalue weighted by Crippen LogP contribution is -2.29. The highest BCUT2D eigenvalue weighted by Gasteiger charge is 2.13. The lowest BCUT2D eigenvalue weighted by Gasteiger charge is -2.19. The molecule has 1 N–H and O–H groups in total. The Morgan fingerprint density at radius 2 is 2.28 bits per heavy atom. The molecule has 0 spiro atoms. The molecule has 1 saturated heterocycles. The number of nitrogens with zero attached hydrogens (tertiary/aromatic N) is 1. The molecule has 2 nitrogen and oxygen atoms in total. The van der Waals surface area contributed by atoms with E-state index in [1.807, 2.05) is 0 Å². The first kappa shape index (κ1) is 14.0. The van der Waals surface area contributed by atoms with Gasteiger partial charge >= 0.3 is 0 Å². The Bertz CT molecular complexity index is 361. The zero-order valence-corrected chi connectivity index (χ0v) is 12.7. The molecule has 100 valence electrons. The zero-order valence-electron chi connectivity index (χ0n) is 11.2. The van der Waals surface area contributed by atoms with E-state index >= 15 is 0 Å². The monoisotopic (exact) mass is 310 g/mol. The van der Waals surface area contributed by atoms with Crippen LogP contribution in [0.3, 0.4) is 0 Å². The summed E-state index contributed by atoms with van der Waals surface area (Å²) in [6.45, 7) is 3.56. The summed E-state index contributed by atoms with van der Waals surface area (Å²) in [5.74, 6) is 0. The van der Waals surface area contributed by atoms with Crippen molar-refractivity contribution >= 4 is 15.9 Å². The van der Waals surface area contributed by atoms with Gasteiger partial charge in [-0.3, -0.25) is 0 Å². The predicted octanol–water partition coefficient (Wildman–Crippen LogP) is 3.07. The summed E-state index contributed by atoms with van der Waals surface area (Å²) in [5, 5.41) is 3.56. The predicted molar refractivity (Wildman–Crippen MR) is 81.0 cm³/mol. The average molecular weight is 311 g/mol. The molecule has 18 heavy (non-hydrogen) atoms. The molecular formula is C15H23BrN2. The molecule has 1 aliphatic rings. The van der Waals surface area contributed by atoms with Crippen molar-refractivity contribution in [1.29, 1.82) is 0 Å². The van der Waals surface area contributed by atoms with Gasteiger partial charge in [-0.25, -0.2) is 0 Å². The van der Waals surface area contributed by atoms with Crippen molar-refractivity contribution in [3.63, 3.8) is 0 Å². The number of likely N-dealkylation sites (N-methyl/N-ethyl adjacent to an activating group) is 1. The van der Waals surface area contributed by atoms with E-state index in [-0.39, 0.29) is 0 Å². The van der Waals surface area contributed by atoms with Crippen LogP contribution in [0.2, 0.25) is 0 Å². The lowest BCUT2D eigenvalue weighted by atomic mass is 10.1. The van der Waals surface area contributed by atoms with Crippen LogP contribution in [-0.2, 0) is 6.42 Å². The van der Waals surface area contributed by atoms with Crippen molar-refractivity contribution in [2.45, 2.75) is 31.7 Å². The molecule has 1 aromatic rings. The molecule has 0 amide bonds. The topological polar surface area (TPSA) is 15.3 Å². The summed E-state index contributed by atoms with van der Waals surface area (Å²) in [4.78, 5) is 2.45. The highest BCUT2D eigenvalue weighted by atomic mass is 79.9. The quantitative estimate of drug-likeness (QED) is 0.868. The standard InChI is InChI=1S/C15H23BrN2/c1-18(11-8-15-6-3-9-17-15)10-7-13-4-2-5-14(16)12-13/h2,4-5,12,15,17H,3,6-11H2,1H3. The van der Waals surface area contributed by atoms with E-state index < -0.39 is 0 Å². The molecule has 0 aliphatic carbocycles. The maximum absolute atomic E-state index is 3.56. The van der Waals surface area contributed by atoms with Gasteiger partial charge in [-0.15, -0.1) is 0 Å². The van der Waals surface area contributed by atoms with Gasteiger partial charge in [0.25, 0.3) is 0 Å². The minimum absolute atomic E-state index is 0.762. The number of benzene rings is 1. The number of nitrogens with one attached hydrogen (secondary N) is 1. The molecule has 0 aromatic heterocycles. The number of hydrogen-bond donors (Lipinski definition) is 1. The van der Waals surface area contributed by atoms with Gasteiger partial charge < -0.3 is 10.2 Å². The zero-order chi connectivity index (χ0) is 12.8. The maximum atomic E-state index is 3.56. The summed E-state index contributed by atoms with van der Waals surface area (Å²) in [6, 6.07) is 9.38. The van der Waals surface area contributed by atoms with E-state index in [1.54, 1.807) is 0 Å². The Morgan fingerprint density at radius 1 is 1.39 bits per heavy atom. The Labute approximate surface area is 119 Å². The van der Waals surface area contributed by atoms with E-state index in [9.17, 15) is 0 Å². The Morgan fingerprint density at radius 3 is 3.00 bits per heavy atom. The van der Waals surface area contributed by atoms with Gasteiger partial charge in [-0.1, -0.05) is 28.1 Å². The van der Waals surface area contributed by atoms with E-state index in [2.05, 4.69) is 57.5 Å². The fourth-order valence-electron chi connectivity index (χ4n) is 2.50. The second-order valence-electron chi connectivity index (χ2n) is 5.27. The third-order valence-electron chi connectivity index (χ3n) is 3.69. The van der Waals surface area contributed by atoms with Crippen molar-refractivity contribution in [2.75, 3.05) is 26.7 Å². The van der Waals surface area contributed by atoms with Crippen LogP contribution in [0.1, 0.15) is 24.8 Å². The van der Waals surface area contributed by atoms with Crippen LogP contribution in [0.4, 0.5) is 0 Å². The molecule has 1 unspecified atom stereocenters. The first-order valence-electron chi connectivity index (χ1n) is 6.90. The minimum Gasteiger partial charge on any atom is -0.314 e. The SMILES string of the molecule is CN(CCc1cccc(Br)c1)CCC1CCCN1. The third kappa shape index (κ3) is 4.71. The number of halogens is 1. The maximum Gasteiger partial charge on any atom is 0.0178 e. The smallest absolute Gasteiger partial charge is 0.0178 e. The molecule has 1 atom stereocenters. The van der Waals surface area contributed by atoms with Crippen LogP contribution >= 0.6 is 15.9 Å². The molecule has 0 saturated carbocycles. The fourth-order valence-corrected chi connectivity index (χ4v) is 2.95. The van der Waals surface area contributed by atoms with Gasteiger partial charge in [0, 0.05) is 17.1 Å². The highest BCUT2D eigenvalue weighted by molar-refractivity contribution is 9.10. The van der Waals surface area contributed by atoms with Crippen molar-refractivity contribution in [3.8, 4) is 0 Å². The van der Waals surface area contributed by atoms with Gasteiger partial charge in [0.1, 0.15) is 0 Å². The first-order chi connectivity index (χ1) is 8.74. The largest absolute Gasteiger partial charge is 0.314 e. The summed E-state index contributed by atoms with van der Waals surface area (Å²) >= 11 is 3.52. The summed E-state index contributed by atoms with van der Waals surface area (Å²) in [6.07, 6.45) is 5.13. The van der Waals surface area contributed by atoms with Crippen LogP contribution in [0.15, 0.2) is 28.7 Å². The number of hydrogen-bond acceptors (Lipinski definition) is 2. The molecule has 3 heteroatoms. The molecule has 0 bridgehead atoms. The van der Waals surface area contributed by atoms with Crippen LogP contribution in [0.5, 0.6) is 0 Å². The van der Waals surface area contributed by atoms with E-state index in [0.717, 1.165) is 19.0 Å². The highest BCUT2D eigenvalue weighted by Crippen LogP contribution is 2.13. The second kappa shape index (κ2) is 7.27. The fraction of sp³-hybridized carbons (Fsp3) is 0.600. The van der Waals surface area contributed by atoms with Crippen LogP contribution < -0.4 is 5.32 Å². The average Bonchev–Trinajstić information content (AvgIpc) is 2.87. The van der Waals surface area contributed by atoms with Gasteiger partial charge in [0.15, 0.2) is 0 Å². The summed E-state index contributed by atoms with van der Waals surface area (Å²) < 4.78 is 1.18. The number of rotatable bonds is 6. The Hall–Kier alpha value is -0.380. The van der Waals surface area contributed by atoms with E-state index in [0.29, 0.717) is 0 Å². The molecule has 0 radical (unpaired) electrons. The van der Waals surface area contributed by atoms with Crippen molar-refractivity contribution in [2.24, 2.45) is 0 Å². The van der Waals surface area contributed by atoms with E-state index in [1.165, 1.54) is 42.4 Å². The minimum atomic E-state index is 0.762. The van der Waals surface area contributed by atoms with Crippen molar-refractivity contribution in [3.05, 3.63) is 34.3 Å². The van der Waals surface area contributed by atoms with Gasteiger partial charge in [-0.05, 0) is 63.5 Å². The van der Waals surface area contributed by atoms with Crippen LogP contribution in [-0.4, -0.2) is 37.6 Å². The lowest BCUT2D eigenvalue weighted by molar-refractivity contribution is 0.316. The van der Waals surface area contributed by atoms with Crippen LogP contribution in [0.25, 0.3) is 0 Å². The Balaban J connectivity index is 1.66. The van der Waals surface area contributed by atoms with Gasteiger partial charge in [-0.2, -0.15) is 0 Å². The first-order valence-corrected chi connectivity index (χ1v) is 7.70. The molecule has 2 rings (SSSR count). The summed E-state index contributed by atoms with van der Waals surface area (Å²) in [7, 11) is 2.23. The normalized spacial score (nSPS) is 19.6. The third-order valence-corrected chi connectivity index (χ3v) is 4.19. The van der Waals surface area contributed by atoms with E-state index in [4.69, 9.17) is 0 Å². The molecule has 1 aromatic carbocycles. The Kier molecular flexibility index (Phi) is 5.67. The van der Waals surface area contributed by atoms with Gasteiger partial charge in [0.2, 0.25) is 0 Å². The van der Waals surface area contributed by atoms with Crippen LogP contribution in [0, 0.1) is 0 Å². The van der Waals surface area contributed by atoms with Crippen molar-refractivity contribution in [1.82, 2.24) is 10.2 Å². The molecular weight excluding hydrogens is 288 g/mol. The summed E-state index contributed by atoms with van der Waals surface area (Å²) in [5.41, 5.74) is 1.41.